The molecule has 0 heterocycles. The van der Waals surface area contributed by atoms with Gasteiger partial charge in [-0.15, -0.1) is 0 Å². The Morgan fingerprint density at radius 2 is 1.49 bits per heavy atom. The molecule has 0 aromatic heterocycles. The second-order valence-corrected chi connectivity index (χ2v) is 10.4. The number of fused-ring (bicyclic) bond motifs is 3. The molecular weight excluding hydrogens is 444 g/mol. The van der Waals surface area contributed by atoms with Crippen LogP contribution in [0.15, 0.2) is 48.5 Å². The Morgan fingerprint density at radius 1 is 0.943 bits per heavy atom. The molecule has 1 saturated carbocycles. The summed E-state index contributed by atoms with van der Waals surface area (Å²) >= 11 is 0. The third-order valence-electron chi connectivity index (χ3n) is 7.13. The molecule has 2 aliphatic carbocycles. The van der Waals surface area contributed by atoms with Gasteiger partial charge in [0.2, 0.25) is 5.91 Å². The predicted molar refractivity (Wildman–Crippen MR) is 133 cm³/mol. The number of amides is 2. The third-order valence-corrected chi connectivity index (χ3v) is 7.13. The first kappa shape index (κ1) is 24.8. The SMILES string of the molecule is CC(C)(CC(=O)NC1(C(=O)O)CCCCCC1)NC(=O)OCC1c2ccccc2-c2ccccc21. The molecule has 7 nitrogen and oxygen atoms in total. The molecule has 0 saturated heterocycles. The first-order chi connectivity index (χ1) is 16.7. The van der Waals surface area contributed by atoms with Crippen molar-refractivity contribution in [2.45, 2.75) is 75.8 Å². The number of carboxylic acid groups (broad SMARTS) is 1. The van der Waals surface area contributed by atoms with E-state index >= 15 is 0 Å². The van der Waals surface area contributed by atoms with E-state index in [4.69, 9.17) is 4.74 Å². The van der Waals surface area contributed by atoms with Crippen LogP contribution in [0, 0.1) is 0 Å². The quantitative estimate of drug-likeness (QED) is 0.487. The van der Waals surface area contributed by atoms with Gasteiger partial charge in [-0.25, -0.2) is 9.59 Å². The lowest BCUT2D eigenvalue weighted by Gasteiger charge is -2.32. The minimum atomic E-state index is -1.23. The number of carboxylic acids is 1. The van der Waals surface area contributed by atoms with E-state index in [0.29, 0.717) is 12.8 Å². The van der Waals surface area contributed by atoms with E-state index in [1.165, 1.54) is 0 Å². The number of alkyl carbamates (subject to hydrolysis) is 1. The van der Waals surface area contributed by atoms with Crippen LogP contribution in [0.2, 0.25) is 0 Å². The Kier molecular flexibility index (Phi) is 7.15. The maximum absolute atomic E-state index is 12.8. The van der Waals surface area contributed by atoms with Crippen LogP contribution in [0.3, 0.4) is 0 Å². The monoisotopic (exact) mass is 478 g/mol. The number of hydrogen-bond donors (Lipinski definition) is 3. The standard InChI is InChI=1S/C28H34N2O5/c1-27(2,17-24(31)29-28(25(32)33)15-9-3-4-10-16-28)30-26(34)35-18-23-21-13-7-5-11-19(21)20-12-6-8-14-22(20)23/h5-8,11-14,23H,3-4,9-10,15-18H2,1-2H3,(H,29,31)(H,30,34)(H,32,33). The molecule has 3 N–H and O–H groups in total. The van der Waals surface area contributed by atoms with Crippen molar-refractivity contribution >= 4 is 18.0 Å². The van der Waals surface area contributed by atoms with Crippen molar-refractivity contribution in [2.24, 2.45) is 0 Å². The second-order valence-electron chi connectivity index (χ2n) is 10.4. The minimum absolute atomic E-state index is 0.0494. The molecule has 0 aliphatic heterocycles. The van der Waals surface area contributed by atoms with Crippen LogP contribution in [-0.4, -0.2) is 40.8 Å². The third kappa shape index (κ3) is 5.50. The molecule has 0 atom stereocenters. The van der Waals surface area contributed by atoms with Gasteiger partial charge in [0.15, 0.2) is 0 Å². The number of carbonyl (C=O) groups is 3. The maximum Gasteiger partial charge on any atom is 0.407 e. The van der Waals surface area contributed by atoms with Gasteiger partial charge in [0, 0.05) is 17.9 Å². The lowest BCUT2D eigenvalue weighted by atomic mass is 9.89. The highest BCUT2D eigenvalue weighted by molar-refractivity contribution is 5.88. The van der Waals surface area contributed by atoms with Crippen LogP contribution in [0.1, 0.15) is 75.8 Å². The van der Waals surface area contributed by atoms with Crippen LogP contribution in [0.25, 0.3) is 11.1 Å². The highest BCUT2D eigenvalue weighted by Crippen LogP contribution is 2.44. The van der Waals surface area contributed by atoms with Gasteiger partial charge >= 0.3 is 12.1 Å². The molecule has 0 unspecified atom stereocenters. The van der Waals surface area contributed by atoms with E-state index in [0.717, 1.165) is 47.9 Å². The van der Waals surface area contributed by atoms with Crippen LogP contribution >= 0.6 is 0 Å². The number of aliphatic carboxylic acids is 1. The average molecular weight is 479 g/mol. The van der Waals surface area contributed by atoms with E-state index in [9.17, 15) is 19.5 Å². The first-order valence-corrected chi connectivity index (χ1v) is 12.4. The van der Waals surface area contributed by atoms with E-state index < -0.39 is 29.0 Å². The van der Waals surface area contributed by atoms with Gasteiger partial charge in [-0.1, -0.05) is 74.2 Å². The summed E-state index contributed by atoms with van der Waals surface area (Å²) in [5, 5.41) is 15.4. The normalized spacial score (nSPS) is 17.0. The number of carbonyl (C=O) groups excluding carboxylic acids is 2. The van der Waals surface area contributed by atoms with Crippen molar-refractivity contribution < 1.29 is 24.2 Å². The van der Waals surface area contributed by atoms with Gasteiger partial charge in [0.25, 0.3) is 0 Å². The zero-order valence-electron chi connectivity index (χ0n) is 20.4. The molecule has 35 heavy (non-hydrogen) atoms. The fraction of sp³-hybridized carbons (Fsp3) is 0.464. The van der Waals surface area contributed by atoms with Gasteiger partial charge in [-0.2, -0.15) is 0 Å². The van der Waals surface area contributed by atoms with Crippen molar-refractivity contribution in [3.05, 3.63) is 59.7 Å². The number of hydrogen-bond acceptors (Lipinski definition) is 4. The Bertz CT molecular complexity index is 1060. The summed E-state index contributed by atoms with van der Waals surface area (Å²) in [6, 6.07) is 16.2. The molecule has 0 bridgehead atoms. The number of rotatable bonds is 7. The summed E-state index contributed by atoms with van der Waals surface area (Å²) in [5.74, 6) is -1.43. The summed E-state index contributed by atoms with van der Waals surface area (Å²) in [6.45, 7) is 3.65. The van der Waals surface area contributed by atoms with Gasteiger partial charge in [0.1, 0.15) is 12.1 Å². The van der Waals surface area contributed by atoms with E-state index in [1.54, 1.807) is 13.8 Å². The van der Waals surface area contributed by atoms with Crippen LogP contribution < -0.4 is 10.6 Å². The van der Waals surface area contributed by atoms with Crippen molar-refractivity contribution in [1.29, 1.82) is 0 Å². The smallest absolute Gasteiger partial charge is 0.407 e. The number of ether oxygens (including phenoxy) is 1. The summed E-state index contributed by atoms with van der Waals surface area (Å²) < 4.78 is 5.61. The van der Waals surface area contributed by atoms with Crippen molar-refractivity contribution in [1.82, 2.24) is 10.6 Å². The van der Waals surface area contributed by atoms with Crippen LogP contribution in [0.4, 0.5) is 4.79 Å². The van der Waals surface area contributed by atoms with Crippen molar-refractivity contribution in [3.63, 3.8) is 0 Å². The minimum Gasteiger partial charge on any atom is -0.480 e. The molecule has 2 aromatic rings. The van der Waals surface area contributed by atoms with Crippen LogP contribution in [0.5, 0.6) is 0 Å². The molecular formula is C28H34N2O5. The molecule has 7 heteroatoms. The van der Waals surface area contributed by atoms with Gasteiger partial charge in [0.05, 0.1) is 0 Å². The Labute approximate surface area is 206 Å². The fourth-order valence-electron chi connectivity index (χ4n) is 5.39. The molecule has 2 amide bonds. The Balaban J connectivity index is 1.35. The zero-order valence-corrected chi connectivity index (χ0v) is 20.4. The molecule has 2 aliphatic rings. The van der Waals surface area contributed by atoms with E-state index in [-0.39, 0.29) is 18.9 Å². The van der Waals surface area contributed by atoms with E-state index in [2.05, 4.69) is 34.9 Å². The second kappa shape index (κ2) is 10.1. The molecule has 186 valence electrons. The average Bonchev–Trinajstić information content (AvgIpc) is 2.93. The molecule has 4 rings (SSSR count). The molecule has 0 spiro atoms. The summed E-state index contributed by atoms with van der Waals surface area (Å²) in [4.78, 5) is 37.5. The summed E-state index contributed by atoms with van der Waals surface area (Å²) in [5.41, 5.74) is 2.43. The van der Waals surface area contributed by atoms with Gasteiger partial charge in [-0.05, 0) is 48.9 Å². The van der Waals surface area contributed by atoms with Crippen molar-refractivity contribution in [2.75, 3.05) is 6.61 Å². The lowest BCUT2D eigenvalue weighted by Crippen LogP contribution is -2.56. The zero-order chi connectivity index (χ0) is 25.1. The molecule has 0 radical (unpaired) electrons. The summed E-state index contributed by atoms with van der Waals surface area (Å²) in [7, 11) is 0. The molecule has 2 aromatic carbocycles. The lowest BCUT2D eigenvalue weighted by molar-refractivity contribution is -0.148. The number of nitrogens with one attached hydrogen (secondary N) is 2. The highest BCUT2D eigenvalue weighted by Gasteiger charge is 2.41. The Morgan fingerprint density at radius 3 is 2.03 bits per heavy atom. The first-order valence-electron chi connectivity index (χ1n) is 12.4. The number of benzene rings is 2. The van der Waals surface area contributed by atoms with Gasteiger partial charge < -0.3 is 20.5 Å². The van der Waals surface area contributed by atoms with Crippen LogP contribution in [-0.2, 0) is 14.3 Å². The highest BCUT2D eigenvalue weighted by atomic mass is 16.5. The topological polar surface area (TPSA) is 105 Å². The summed E-state index contributed by atoms with van der Waals surface area (Å²) in [6.07, 6.45) is 3.68. The van der Waals surface area contributed by atoms with E-state index in [1.807, 2.05) is 24.3 Å². The Hall–Kier alpha value is -3.35. The predicted octanol–water partition coefficient (Wildman–Crippen LogP) is 4.99. The maximum atomic E-state index is 12.8. The van der Waals surface area contributed by atoms with Gasteiger partial charge in [-0.3, -0.25) is 4.79 Å². The van der Waals surface area contributed by atoms with Crippen molar-refractivity contribution in [3.8, 4) is 11.1 Å². The molecule has 1 fully saturated rings. The fourth-order valence-corrected chi connectivity index (χ4v) is 5.39. The largest absolute Gasteiger partial charge is 0.480 e.